The first-order valence-corrected chi connectivity index (χ1v) is 4.56. The Morgan fingerprint density at radius 3 is 2.31 bits per heavy atom. The molecule has 0 nitrogen and oxygen atoms in total. The van der Waals surface area contributed by atoms with E-state index >= 15 is 0 Å². The molecule has 0 fully saturated rings. The molecule has 0 N–H and O–H groups in total. The number of hydrogen-bond acceptors (Lipinski definition) is 0. The van der Waals surface area contributed by atoms with Crippen LogP contribution in [0.1, 0.15) is 25.3 Å². The predicted molar refractivity (Wildman–Crippen MR) is 51.6 cm³/mol. The average molecular weight is 430 g/mol. The largest absolute Gasteiger partial charge is 1.45 e. The van der Waals surface area contributed by atoms with Crippen molar-refractivity contribution < 1.29 is 138 Å². The molecular weight excluding hydrogens is 417 g/mol. The third-order valence-corrected chi connectivity index (χ3v) is 2.23. The standard InChI is InChI=1S/C10H13P.2Cs/c1-2-3-6-9-7-4-5-8-10(9)11;;/h4-5,7-8H,2-3,6H2,1H3;;/q-2;2*+1. The quantitative estimate of drug-likeness (QED) is 0.451. The van der Waals surface area contributed by atoms with Gasteiger partial charge >= 0.3 is 138 Å². The summed E-state index contributed by atoms with van der Waals surface area (Å²) in [6.07, 6.45) is 3.68. The van der Waals surface area contributed by atoms with Gasteiger partial charge in [-0.3, -0.25) is 0 Å². The van der Waals surface area contributed by atoms with Crippen LogP contribution in [0.25, 0.3) is 0 Å². The Labute approximate surface area is 202 Å². The minimum absolute atomic E-state index is 0. The predicted octanol–water partition coefficient (Wildman–Crippen LogP) is -2.93. The van der Waals surface area contributed by atoms with Gasteiger partial charge in [0.15, 0.2) is 0 Å². The molecule has 0 aliphatic carbocycles. The van der Waals surface area contributed by atoms with Crippen LogP contribution in [0.3, 0.4) is 0 Å². The first-order valence-electron chi connectivity index (χ1n) is 4.11. The third-order valence-electron chi connectivity index (χ3n) is 1.79. The van der Waals surface area contributed by atoms with Crippen molar-refractivity contribution in [3.8, 4) is 0 Å². The van der Waals surface area contributed by atoms with Gasteiger partial charge in [-0.05, 0) is 12.8 Å². The molecule has 1 aromatic rings. The minimum Gasteiger partial charge on any atom is -1.45 e. The molecule has 1 aromatic carbocycles. The number of rotatable bonds is 3. The van der Waals surface area contributed by atoms with Crippen LogP contribution in [0.5, 0.6) is 0 Å². The van der Waals surface area contributed by atoms with Crippen molar-refractivity contribution in [3.63, 3.8) is 0 Å². The summed E-state index contributed by atoms with van der Waals surface area (Å²) in [5.41, 5.74) is 1.37. The summed E-state index contributed by atoms with van der Waals surface area (Å²) < 4.78 is 0. The summed E-state index contributed by atoms with van der Waals surface area (Å²) >= 11 is 0. The van der Waals surface area contributed by atoms with Crippen molar-refractivity contribution in [3.05, 3.63) is 29.8 Å². The molecule has 0 heterocycles. The van der Waals surface area contributed by atoms with E-state index in [2.05, 4.69) is 28.3 Å². The second-order valence-electron chi connectivity index (χ2n) is 2.73. The number of hydrogen-bond donors (Lipinski definition) is 0. The summed E-state index contributed by atoms with van der Waals surface area (Å²) in [4.78, 5) is 0. The van der Waals surface area contributed by atoms with E-state index in [9.17, 15) is 0 Å². The molecule has 0 aliphatic heterocycles. The molecule has 0 aliphatic rings. The Morgan fingerprint density at radius 2 is 1.77 bits per heavy atom. The SMILES string of the molecule is CCCCc1ccccc1[P-2].[Cs+].[Cs+]. The first kappa shape index (κ1) is 19.1. The van der Waals surface area contributed by atoms with Gasteiger partial charge in [0.25, 0.3) is 0 Å². The van der Waals surface area contributed by atoms with Gasteiger partial charge < -0.3 is 14.5 Å². The molecule has 13 heavy (non-hydrogen) atoms. The van der Waals surface area contributed by atoms with Crippen LogP contribution >= 0.6 is 9.24 Å². The van der Waals surface area contributed by atoms with Crippen molar-refractivity contribution in [2.45, 2.75) is 26.2 Å². The topological polar surface area (TPSA) is 0 Å². The maximum atomic E-state index is 4.37. The molecule has 0 aromatic heterocycles. The second kappa shape index (κ2) is 12.2. The van der Waals surface area contributed by atoms with Crippen LogP contribution < -0.4 is 143 Å². The van der Waals surface area contributed by atoms with Gasteiger partial charge in [0, 0.05) is 0 Å². The Kier molecular flexibility index (Phi) is 18.0. The summed E-state index contributed by atoms with van der Waals surface area (Å²) in [6.45, 7) is 2.21. The molecular formula is C10H13Cs2P. The van der Waals surface area contributed by atoms with Crippen LogP contribution in [0.2, 0.25) is 0 Å². The summed E-state index contributed by atoms with van der Waals surface area (Å²) in [5, 5.41) is 1.13. The zero-order valence-corrected chi connectivity index (χ0v) is 22.3. The molecule has 0 bridgehead atoms. The van der Waals surface area contributed by atoms with Crippen LogP contribution in [-0.4, -0.2) is 0 Å². The van der Waals surface area contributed by atoms with Crippen molar-refractivity contribution >= 4 is 14.5 Å². The number of benzene rings is 1. The van der Waals surface area contributed by atoms with Gasteiger partial charge in [-0.15, -0.1) is 11.6 Å². The third kappa shape index (κ3) is 8.47. The van der Waals surface area contributed by atoms with Gasteiger partial charge in [-0.2, -0.15) is 0 Å². The molecule has 0 radical (unpaired) electrons. The molecule has 0 atom stereocenters. The summed E-state index contributed by atoms with van der Waals surface area (Å²) in [7, 11) is 4.37. The van der Waals surface area contributed by atoms with Crippen LogP contribution in [0, 0.1) is 0 Å². The normalized spacial score (nSPS) is 8.46. The first-order chi connectivity index (χ1) is 5.34. The Morgan fingerprint density at radius 1 is 1.15 bits per heavy atom. The van der Waals surface area contributed by atoms with Gasteiger partial charge in [-0.1, -0.05) is 31.5 Å². The van der Waals surface area contributed by atoms with E-state index in [1.165, 1.54) is 18.4 Å². The molecule has 1 rings (SSSR count). The number of unbranched alkanes of at least 4 members (excludes halogenated alkanes) is 1. The molecule has 0 saturated carbocycles. The molecule has 0 spiro atoms. The van der Waals surface area contributed by atoms with E-state index in [0.717, 1.165) is 11.7 Å². The van der Waals surface area contributed by atoms with E-state index in [1.807, 2.05) is 12.1 Å². The summed E-state index contributed by atoms with van der Waals surface area (Å²) in [5.74, 6) is 0. The van der Waals surface area contributed by atoms with Gasteiger partial charge in [0.2, 0.25) is 0 Å². The van der Waals surface area contributed by atoms with E-state index in [1.54, 1.807) is 0 Å². The van der Waals surface area contributed by atoms with E-state index in [0.29, 0.717) is 0 Å². The fourth-order valence-electron chi connectivity index (χ4n) is 1.09. The Balaban J connectivity index is 0. The van der Waals surface area contributed by atoms with Gasteiger partial charge in [0.1, 0.15) is 0 Å². The number of aryl methyl sites for hydroxylation is 1. The zero-order valence-electron chi connectivity index (χ0n) is 8.88. The van der Waals surface area contributed by atoms with E-state index in [4.69, 9.17) is 0 Å². The van der Waals surface area contributed by atoms with Crippen LogP contribution in [-0.2, 0) is 6.42 Å². The van der Waals surface area contributed by atoms with Crippen molar-refractivity contribution in [1.29, 1.82) is 0 Å². The molecule has 0 amide bonds. The molecule has 3 heteroatoms. The van der Waals surface area contributed by atoms with Crippen LogP contribution in [0.4, 0.5) is 0 Å². The van der Waals surface area contributed by atoms with Gasteiger partial charge in [-0.25, -0.2) is 0 Å². The van der Waals surface area contributed by atoms with Crippen molar-refractivity contribution in [2.75, 3.05) is 0 Å². The average Bonchev–Trinajstić information content (AvgIpc) is 2.03. The summed E-state index contributed by atoms with van der Waals surface area (Å²) in [6, 6.07) is 8.30. The fourth-order valence-corrected chi connectivity index (χ4v) is 1.36. The maximum absolute atomic E-state index is 4.37. The fraction of sp³-hybridized carbons (Fsp3) is 0.400. The second-order valence-corrected chi connectivity index (χ2v) is 3.21. The monoisotopic (exact) mass is 430 g/mol. The zero-order chi connectivity index (χ0) is 8.10. The van der Waals surface area contributed by atoms with Crippen LogP contribution in [0.15, 0.2) is 24.3 Å². The smallest absolute Gasteiger partial charge is 1.00 e. The maximum Gasteiger partial charge on any atom is 1.00 e. The Hall–Kier alpha value is 3.75. The molecule has 0 saturated heterocycles. The van der Waals surface area contributed by atoms with E-state index < -0.39 is 0 Å². The Bertz CT molecular complexity index is 226. The van der Waals surface area contributed by atoms with Crippen molar-refractivity contribution in [1.82, 2.24) is 0 Å². The van der Waals surface area contributed by atoms with Crippen molar-refractivity contribution in [2.24, 2.45) is 0 Å². The molecule has 0 unspecified atom stereocenters. The minimum atomic E-state index is 0. The van der Waals surface area contributed by atoms with Gasteiger partial charge in [0.05, 0.1) is 0 Å². The van der Waals surface area contributed by atoms with E-state index in [-0.39, 0.29) is 138 Å². The molecule has 60 valence electrons.